The van der Waals surface area contributed by atoms with Crippen molar-refractivity contribution in [3.8, 4) is 11.5 Å². The number of anilines is 1. The van der Waals surface area contributed by atoms with Crippen molar-refractivity contribution in [3.05, 3.63) is 54.1 Å². The maximum absolute atomic E-state index is 12.2. The van der Waals surface area contributed by atoms with Crippen LogP contribution in [0.5, 0.6) is 11.5 Å². The van der Waals surface area contributed by atoms with E-state index in [1.54, 1.807) is 45.4 Å². The quantitative estimate of drug-likeness (QED) is 0.660. The van der Waals surface area contributed by atoms with E-state index in [1.807, 2.05) is 24.3 Å². The van der Waals surface area contributed by atoms with Crippen molar-refractivity contribution in [2.45, 2.75) is 19.6 Å². The number of amides is 1. The Hall–Kier alpha value is -2.57. The monoisotopic (exact) mass is 359 g/mol. The molecule has 140 valence electrons. The molecule has 0 saturated carbocycles. The number of hydrogen-bond donors (Lipinski definition) is 1. The van der Waals surface area contributed by atoms with Crippen molar-refractivity contribution in [1.82, 2.24) is 0 Å². The number of carbonyl (C=O) groups is 1. The minimum atomic E-state index is -0.584. The molecule has 0 aliphatic carbocycles. The summed E-state index contributed by atoms with van der Waals surface area (Å²) < 4.78 is 21.2. The highest BCUT2D eigenvalue weighted by molar-refractivity contribution is 5.93. The molecule has 1 amide bonds. The van der Waals surface area contributed by atoms with Gasteiger partial charge in [-0.1, -0.05) is 12.1 Å². The second kappa shape index (κ2) is 10.4. The average molecular weight is 359 g/mol. The normalized spacial score (nSPS) is 11.7. The largest absolute Gasteiger partial charge is 0.497 e. The molecule has 2 rings (SSSR count). The Kier molecular flexibility index (Phi) is 7.92. The molecule has 6 heteroatoms. The summed E-state index contributed by atoms with van der Waals surface area (Å²) in [5.41, 5.74) is 1.63. The molecule has 26 heavy (non-hydrogen) atoms. The fourth-order valence-electron chi connectivity index (χ4n) is 2.18. The number of benzene rings is 2. The first-order valence-corrected chi connectivity index (χ1v) is 8.39. The fraction of sp³-hybridized carbons (Fsp3) is 0.350. The van der Waals surface area contributed by atoms with Gasteiger partial charge in [-0.25, -0.2) is 0 Å². The fourth-order valence-corrected chi connectivity index (χ4v) is 2.18. The molecule has 1 atom stereocenters. The van der Waals surface area contributed by atoms with E-state index in [0.717, 1.165) is 17.1 Å². The Balaban J connectivity index is 1.80. The lowest BCUT2D eigenvalue weighted by molar-refractivity contribution is -0.127. The van der Waals surface area contributed by atoms with E-state index < -0.39 is 6.10 Å². The van der Waals surface area contributed by atoms with E-state index in [1.165, 1.54) is 0 Å². The Bertz CT molecular complexity index is 687. The van der Waals surface area contributed by atoms with Crippen molar-refractivity contribution in [3.63, 3.8) is 0 Å². The van der Waals surface area contributed by atoms with Crippen LogP contribution in [0.15, 0.2) is 48.5 Å². The molecule has 2 aromatic carbocycles. The van der Waals surface area contributed by atoms with Crippen LogP contribution < -0.4 is 14.8 Å². The van der Waals surface area contributed by atoms with Crippen molar-refractivity contribution in [1.29, 1.82) is 0 Å². The van der Waals surface area contributed by atoms with Gasteiger partial charge in [0.25, 0.3) is 5.91 Å². The van der Waals surface area contributed by atoms with Gasteiger partial charge >= 0.3 is 0 Å². The molecule has 0 heterocycles. The highest BCUT2D eigenvalue weighted by Gasteiger charge is 2.14. The van der Waals surface area contributed by atoms with Gasteiger partial charge in [0, 0.05) is 12.8 Å². The third kappa shape index (κ3) is 6.38. The lowest BCUT2D eigenvalue weighted by Crippen LogP contribution is -2.27. The van der Waals surface area contributed by atoms with Crippen molar-refractivity contribution < 1.29 is 23.7 Å². The van der Waals surface area contributed by atoms with E-state index in [-0.39, 0.29) is 5.91 Å². The summed E-state index contributed by atoms with van der Waals surface area (Å²) in [6.45, 7) is 3.06. The van der Waals surface area contributed by atoms with Gasteiger partial charge in [0.15, 0.2) is 0 Å². The Morgan fingerprint density at radius 3 is 2.50 bits per heavy atom. The summed E-state index contributed by atoms with van der Waals surface area (Å²) in [6, 6.07) is 14.7. The SMILES string of the molecule is COCCOc1ccc(NC(=O)C(C)OCc2cccc(OC)c2)cc1. The van der Waals surface area contributed by atoms with Gasteiger partial charge in [-0.3, -0.25) is 4.79 Å². The minimum Gasteiger partial charge on any atom is -0.497 e. The molecule has 6 nitrogen and oxygen atoms in total. The van der Waals surface area contributed by atoms with E-state index >= 15 is 0 Å². The first kappa shape index (κ1) is 19.8. The third-order valence-electron chi connectivity index (χ3n) is 3.68. The number of hydrogen-bond acceptors (Lipinski definition) is 5. The zero-order valence-electron chi connectivity index (χ0n) is 15.4. The summed E-state index contributed by atoms with van der Waals surface area (Å²) in [4.78, 5) is 12.2. The first-order chi connectivity index (χ1) is 12.6. The lowest BCUT2D eigenvalue weighted by Gasteiger charge is -2.14. The van der Waals surface area contributed by atoms with Gasteiger partial charge in [0.2, 0.25) is 0 Å². The van der Waals surface area contributed by atoms with Crippen LogP contribution in [0.3, 0.4) is 0 Å². The molecule has 1 N–H and O–H groups in total. The summed E-state index contributed by atoms with van der Waals surface area (Å²) in [5, 5.41) is 2.83. The Morgan fingerprint density at radius 1 is 1.04 bits per heavy atom. The summed E-state index contributed by atoms with van der Waals surface area (Å²) in [5.74, 6) is 1.28. The zero-order chi connectivity index (χ0) is 18.8. The van der Waals surface area contributed by atoms with Gasteiger partial charge in [-0.2, -0.15) is 0 Å². The first-order valence-electron chi connectivity index (χ1n) is 8.39. The van der Waals surface area contributed by atoms with Gasteiger partial charge in [-0.05, 0) is 48.9 Å². The number of carbonyl (C=O) groups excluding carboxylic acids is 1. The second-order valence-corrected chi connectivity index (χ2v) is 5.66. The molecule has 0 fully saturated rings. The third-order valence-corrected chi connectivity index (χ3v) is 3.68. The summed E-state index contributed by atoms with van der Waals surface area (Å²) >= 11 is 0. The number of methoxy groups -OCH3 is 2. The second-order valence-electron chi connectivity index (χ2n) is 5.66. The molecule has 0 saturated heterocycles. The number of nitrogens with one attached hydrogen (secondary N) is 1. The highest BCUT2D eigenvalue weighted by atomic mass is 16.5. The van der Waals surface area contributed by atoms with Gasteiger partial charge in [-0.15, -0.1) is 0 Å². The zero-order valence-corrected chi connectivity index (χ0v) is 15.4. The lowest BCUT2D eigenvalue weighted by atomic mass is 10.2. The van der Waals surface area contributed by atoms with Crippen LogP contribution in [0.2, 0.25) is 0 Å². The minimum absolute atomic E-state index is 0.207. The van der Waals surface area contributed by atoms with Crippen LogP contribution in [0.25, 0.3) is 0 Å². The molecule has 0 spiro atoms. The summed E-state index contributed by atoms with van der Waals surface area (Å²) in [6.07, 6.45) is -0.584. The molecule has 0 bridgehead atoms. The van der Waals surface area contributed by atoms with Crippen LogP contribution in [-0.4, -0.2) is 39.4 Å². The van der Waals surface area contributed by atoms with Crippen LogP contribution in [-0.2, 0) is 20.9 Å². The maximum Gasteiger partial charge on any atom is 0.253 e. The van der Waals surface area contributed by atoms with Crippen LogP contribution in [0.1, 0.15) is 12.5 Å². The molecule has 0 aromatic heterocycles. The molecule has 2 aromatic rings. The predicted octanol–water partition coefficient (Wildman–Crippen LogP) is 3.26. The molecular formula is C20H25NO5. The molecular weight excluding hydrogens is 334 g/mol. The molecule has 0 aliphatic rings. The van der Waals surface area contributed by atoms with E-state index in [2.05, 4.69) is 5.32 Å². The van der Waals surface area contributed by atoms with Crippen LogP contribution in [0, 0.1) is 0 Å². The number of rotatable bonds is 10. The predicted molar refractivity (Wildman–Crippen MR) is 99.7 cm³/mol. The maximum atomic E-state index is 12.2. The Morgan fingerprint density at radius 2 is 1.81 bits per heavy atom. The van der Waals surface area contributed by atoms with E-state index in [4.69, 9.17) is 18.9 Å². The van der Waals surface area contributed by atoms with Gasteiger partial charge < -0.3 is 24.3 Å². The van der Waals surface area contributed by atoms with Crippen molar-refractivity contribution in [2.24, 2.45) is 0 Å². The molecule has 0 radical (unpaired) electrons. The summed E-state index contributed by atoms with van der Waals surface area (Å²) in [7, 11) is 3.24. The standard InChI is InChI=1S/C20H25NO5/c1-15(26-14-16-5-4-6-19(13-16)24-3)20(22)21-17-7-9-18(10-8-17)25-12-11-23-2/h4-10,13,15H,11-12,14H2,1-3H3,(H,21,22). The average Bonchev–Trinajstić information content (AvgIpc) is 2.67. The highest BCUT2D eigenvalue weighted by Crippen LogP contribution is 2.17. The molecule has 1 unspecified atom stereocenters. The van der Waals surface area contributed by atoms with Crippen LogP contribution in [0.4, 0.5) is 5.69 Å². The van der Waals surface area contributed by atoms with Crippen molar-refractivity contribution >= 4 is 11.6 Å². The van der Waals surface area contributed by atoms with E-state index in [0.29, 0.717) is 25.5 Å². The molecule has 0 aliphatic heterocycles. The number of ether oxygens (including phenoxy) is 4. The van der Waals surface area contributed by atoms with Crippen molar-refractivity contribution in [2.75, 3.05) is 32.8 Å². The van der Waals surface area contributed by atoms with Gasteiger partial charge in [0.05, 0.1) is 20.3 Å². The smallest absolute Gasteiger partial charge is 0.253 e. The van der Waals surface area contributed by atoms with Gasteiger partial charge in [0.1, 0.15) is 24.2 Å². The van der Waals surface area contributed by atoms with E-state index in [9.17, 15) is 4.79 Å². The Labute approximate surface area is 154 Å². The topological polar surface area (TPSA) is 66.0 Å². The van der Waals surface area contributed by atoms with Crippen LogP contribution >= 0.6 is 0 Å².